The maximum Gasteiger partial charge on any atom is 0.213 e. The van der Waals surface area contributed by atoms with Crippen molar-refractivity contribution in [3.8, 4) is 17.0 Å². The number of hydrogen-bond donors (Lipinski definition) is 0. The highest BCUT2D eigenvalue weighted by atomic mass is 16.5. The predicted octanol–water partition coefficient (Wildman–Crippen LogP) is 6.91. The molecule has 6 rings (SSSR count). The molecule has 1 aliphatic carbocycles. The summed E-state index contributed by atoms with van der Waals surface area (Å²) in [5.74, 6) is 2.93. The average molecular weight is 527 g/mol. The summed E-state index contributed by atoms with van der Waals surface area (Å²) >= 11 is 0. The van der Waals surface area contributed by atoms with E-state index < -0.39 is 0 Å². The fraction of sp³-hybridized carbons (Fsp3) is 0.562. The van der Waals surface area contributed by atoms with Crippen molar-refractivity contribution in [2.45, 2.75) is 76.5 Å². The minimum atomic E-state index is 0.563. The third-order valence-electron chi connectivity index (χ3n) is 9.32. The van der Waals surface area contributed by atoms with Gasteiger partial charge in [0.1, 0.15) is 5.52 Å². The molecule has 7 heteroatoms. The first-order valence-electron chi connectivity index (χ1n) is 15.0. The zero-order valence-electron chi connectivity index (χ0n) is 23.6. The summed E-state index contributed by atoms with van der Waals surface area (Å²) in [6, 6.07) is 5.78. The molecule has 3 unspecified atom stereocenters. The van der Waals surface area contributed by atoms with Crippen LogP contribution in [0.25, 0.3) is 27.8 Å². The van der Waals surface area contributed by atoms with Gasteiger partial charge in [0.15, 0.2) is 5.65 Å². The van der Waals surface area contributed by atoms with Crippen molar-refractivity contribution in [2.24, 2.45) is 11.8 Å². The third kappa shape index (κ3) is 5.79. The van der Waals surface area contributed by atoms with E-state index in [-0.39, 0.29) is 0 Å². The van der Waals surface area contributed by atoms with Gasteiger partial charge in [-0.15, -0.1) is 0 Å². The number of methoxy groups -OCH3 is 1. The van der Waals surface area contributed by atoms with Crippen LogP contribution in [0.1, 0.15) is 82.1 Å². The van der Waals surface area contributed by atoms with Gasteiger partial charge in [0.25, 0.3) is 0 Å². The van der Waals surface area contributed by atoms with Gasteiger partial charge in [0.2, 0.25) is 5.88 Å². The Balaban J connectivity index is 1.21. The maximum absolute atomic E-state index is 5.37. The molecule has 2 aliphatic rings. The van der Waals surface area contributed by atoms with Crippen LogP contribution >= 0.6 is 0 Å². The first kappa shape index (κ1) is 26.2. The molecule has 0 radical (unpaired) electrons. The molecule has 0 amide bonds. The normalized spacial score (nSPS) is 24.0. The van der Waals surface area contributed by atoms with E-state index in [1.807, 2.05) is 35.1 Å². The Labute approximate surface area is 232 Å². The molecule has 7 nitrogen and oxygen atoms in total. The van der Waals surface area contributed by atoms with Crippen molar-refractivity contribution in [3.63, 3.8) is 0 Å². The topological polar surface area (TPSA) is 68.4 Å². The fourth-order valence-corrected chi connectivity index (χ4v) is 7.07. The van der Waals surface area contributed by atoms with E-state index in [1.165, 1.54) is 89.3 Å². The lowest BCUT2D eigenvalue weighted by Crippen LogP contribution is -2.21. The van der Waals surface area contributed by atoms with Crippen molar-refractivity contribution in [3.05, 3.63) is 48.5 Å². The predicted molar refractivity (Wildman–Crippen MR) is 156 cm³/mol. The molecule has 0 N–H and O–H groups in total. The highest BCUT2D eigenvalue weighted by Crippen LogP contribution is 2.39. The lowest BCUT2D eigenvalue weighted by Gasteiger charge is -2.31. The molecule has 0 aromatic carbocycles. The van der Waals surface area contributed by atoms with Gasteiger partial charge in [0, 0.05) is 35.8 Å². The molecule has 4 aromatic rings. The molecule has 0 bridgehead atoms. The zero-order chi connectivity index (χ0) is 26.6. The van der Waals surface area contributed by atoms with E-state index in [9.17, 15) is 0 Å². The highest BCUT2D eigenvalue weighted by molar-refractivity contribution is 5.95. The van der Waals surface area contributed by atoms with E-state index >= 15 is 0 Å². The van der Waals surface area contributed by atoms with Crippen LogP contribution < -0.4 is 4.74 Å². The summed E-state index contributed by atoms with van der Waals surface area (Å²) in [7, 11) is 3.93. The number of ether oxygens (including phenoxy) is 1. The number of pyridine rings is 2. The van der Waals surface area contributed by atoms with Crippen molar-refractivity contribution in [1.29, 1.82) is 0 Å². The quantitative estimate of drug-likeness (QED) is 0.288. The van der Waals surface area contributed by atoms with Crippen molar-refractivity contribution >= 4 is 16.7 Å². The Morgan fingerprint density at radius 3 is 2.49 bits per heavy atom. The largest absolute Gasteiger partial charge is 0.481 e. The monoisotopic (exact) mass is 526 g/mol. The van der Waals surface area contributed by atoms with E-state index in [4.69, 9.17) is 14.8 Å². The van der Waals surface area contributed by atoms with E-state index in [0.29, 0.717) is 11.8 Å². The van der Waals surface area contributed by atoms with E-state index in [2.05, 4.69) is 34.3 Å². The summed E-state index contributed by atoms with van der Waals surface area (Å²) in [4.78, 5) is 16.7. The standard InChI is InChI=1S/C32H42N6O/c1-37-18-6-5-10-23(11-7-19-37)24-8-3-4-9-25(13-12-24)26-20-34-32-28(21-35-38(32)22-26)27-16-17-33-29-14-15-30(39-2)36-31(27)29/h14-17,20-25H,3-13,18-19H2,1-2H3. The molecule has 5 heterocycles. The SMILES string of the molecule is COc1ccc2nccc(-c3cnn4cc(C5CCCCC(C6CCCCN(C)CCC6)CC5)cnc34)c2n1. The Morgan fingerprint density at radius 1 is 0.795 bits per heavy atom. The van der Waals surface area contributed by atoms with Crippen LogP contribution in [0.2, 0.25) is 0 Å². The summed E-state index contributed by atoms with van der Waals surface area (Å²) in [6.07, 6.45) is 23.0. The van der Waals surface area contributed by atoms with Gasteiger partial charge >= 0.3 is 0 Å². The second-order valence-electron chi connectivity index (χ2n) is 11.8. The molecule has 1 saturated heterocycles. The van der Waals surface area contributed by atoms with Crippen LogP contribution in [0, 0.1) is 11.8 Å². The molecular weight excluding hydrogens is 484 g/mol. The number of rotatable bonds is 4. The van der Waals surface area contributed by atoms with Crippen LogP contribution in [0.4, 0.5) is 0 Å². The van der Waals surface area contributed by atoms with Crippen molar-refractivity contribution in [1.82, 2.24) is 29.5 Å². The number of nitrogens with zero attached hydrogens (tertiary/aromatic N) is 6. The van der Waals surface area contributed by atoms with Gasteiger partial charge < -0.3 is 9.64 Å². The van der Waals surface area contributed by atoms with Gasteiger partial charge in [-0.2, -0.15) is 5.10 Å². The van der Waals surface area contributed by atoms with Crippen molar-refractivity contribution < 1.29 is 4.74 Å². The van der Waals surface area contributed by atoms with Gasteiger partial charge in [0.05, 0.1) is 18.8 Å². The van der Waals surface area contributed by atoms with Crippen LogP contribution in [0.15, 0.2) is 43.0 Å². The van der Waals surface area contributed by atoms with E-state index in [0.717, 1.165) is 39.6 Å². The lowest BCUT2D eigenvalue weighted by atomic mass is 9.75. The Kier molecular flexibility index (Phi) is 8.05. The van der Waals surface area contributed by atoms with Crippen LogP contribution in [0.3, 0.4) is 0 Å². The van der Waals surface area contributed by atoms with Gasteiger partial charge in [-0.1, -0.05) is 32.1 Å². The average Bonchev–Trinajstić information content (AvgIpc) is 3.40. The number of aromatic nitrogens is 5. The highest BCUT2D eigenvalue weighted by Gasteiger charge is 2.26. The molecule has 0 spiro atoms. The second-order valence-corrected chi connectivity index (χ2v) is 11.8. The Hall–Kier alpha value is -3.06. The molecule has 206 valence electrons. The summed E-state index contributed by atoms with van der Waals surface area (Å²) in [6.45, 7) is 2.54. The summed E-state index contributed by atoms with van der Waals surface area (Å²) < 4.78 is 7.33. The van der Waals surface area contributed by atoms with Crippen LogP contribution in [-0.4, -0.2) is 56.7 Å². The minimum absolute atomic E-state index is 0.563. The van der Waals surface area contributed by atoms with Crippen molar-refractivity contribution in [2.75, 3.05) is 27.2 Å². The Morgan fingerprint density at radius 2 is 1.59 bits per heavy atom. The number of fused-ring (bicyclic) bond motifs is 2. The fourth-order valence-electron chi connectivity index (χ4n) is 7.07. The Bertz CT molecular complexity index is 1400. The molecular formula is C32H42N6O. The summed E-state index contributed by atoms with van der Waals surface area (Å²) in [5, 5.41) is 4.74. The van der Waals surface area contributed by atoms with Gasteiger partial charge in [-0.05, 0) is 94.1 Å². The second kappa shape index (κ2) is 12.0. The zero-order valence-corrected chi connectivity index (χ0v) is 23.6. The van der Waals surface area contributed by atoms with E-state index in [1.54, 1.807) is 7.11 Å². The maximum atomic E-state index is 5.37. The molecule has 1 aliphatic heterocycles. The first-order valence-corrected chi connectivity index (χ1v) is 15.0. The number of hydrogen-bond acceptors (Lipinski definition) is 6. The lowest BCUT2D eigenvalue weighted by molar-refractivity contribution is 0.225. The molecule has 4 aromatic heterocycles. The van der Waals surface area contributed by atoms with Gasteiger partial charge in [-0.25, -0.2) is 14.5 Å². The van der Waals surface area contributed by atoms with Crippen LogP contribution in [0.5, 0.6) is 5.88 Å². The van der Waals surface area contributed by atoms with Crippen LogP contribution in [-0.2, 0) is 0 Å². The summed E-state index contributed by atoms with van der Waals surface area (Å²) in [5.41, 5.74) is 5.77. The smallest absolute Gasteiger partial charge is 0.213 e. The minimum Gasteiger partial charge on any atom is -0.481 e. The molecule has 2 fully saturated rings. The molecule has 39 heavy (non-hydrogen) atoms. The first-order chi connectivity index (χ1) is 19.2. The molecule has 1 saturated carbocycles. The third-order valence-corrected chi connectivity index (χ3v) is 9.32. The molecule has 3 atom stereocenters. The van der Waals surface area contributed by atoms with Gasteiger partial charge in [-0.3, -0.25) is 4.98 Å².